The summed E-state index contributed by atoms with van der Waals surface area (Å²) in [5.74, 6) is 0.631. The first kappa shape index (κ1) is 22.4. The molecule has 168 valence electrons. The largest absolute Gasteiger partial charge is 0.416 e. The van der Waals surface area contributed by atoms with Gasteiger partial charge in [0.15, 0.2) is 0 Å². The molecule has 32 heavy (non-hydrogen) atoms. The Balaban J connectivity index is 1.50. The SMILES string of the molecule is O=C(Nc1ccc(C(F)(F)F)cc1Cl)N1CCC[C@@H]1c1ncnn1Cc1ccc(Cl)cc1. The zero-order chi connectivity index (χ0) is 22.9. The van der Waals surface area contributed by atoms with Crippen LogP contribution in [0.3, 0.4) is 0 Å². The zero-order valence-corrected chi connectivity index (χ0v) is 18.1. The molecule has 4 rings (SSSR count). The Morgan fingerprint density at radius 1 is 1.16 bits per heavy atom. The predicted molar refractivity (Wildman–Crippen MR) is 115 cm³/mol. The number of nitrogens with zero attached hydrogens (tertiary/aromatic N) is 4. The summed E-state index contributed by atoms with van der Waals surface area (Å²) in [6.07, 6.45) is -1.63. The molecular weight excluding hydrogens is 466 g/mol. The standard InChI is InChI=1S/C21H18Cl2F3N5O/c22-15-6-3-13(4-7-15)11-31-19(27-12-28-31)18-2-1-9-30(18)20(32)29-17-8-5-14(10-16(17)23)21(24,25)26/h3-8,10,12,18H,1-2,9,11H2,(H,29,32)/t18-/m1/s1. The number of nitrogens with one attached hydrogen (secondary N) is 1. The second kappa shape index (κ2) is 8.99. The maximum Gasteiger partial charge on any atom is 0.416 e. The number of benzene rings is 2. The molecule has 0 bridgehead atoms. The van der Waals surface area contributed by atoms with Crippen molar-refractivity contribution in [3.8, 4) is 0 Å². The minimum Gasteiger partial charge on any atom is -0.314 e. The number of urea groups is 1. The molecule has 1 aliphatic rings. The van der Waals surface area contributed by atoms with Crippen molar-refractivity contribution in [2.75, 3.05) is 11.9 Å². The van der Waals surface area contributed by atoms with E-state index in [0.717, 1.165) is 30.2 Å². The molecule has 1 aliphatic heterocycles. The molecule has 1 aromatic heterocycles. The minimum atomic E-state index is -4.51. The highest BCUT2D eigenvalue weighted by Gasteiger charge is 2.34. The summed E-state index contributed by atoms with van der Waals surface area (Å²) in [5, 5.41) is 7.35. The van der Waals surface area contributed by atoms with Gasteiger partial charge in [-0.3, -0.25) is 0 Å². The van der Waals surface area contributed by atoms with E-state index in [9.17, 15) is 18.0 Å². The van der Waals surface area contributed by atoms with Gasteiger partial charge in [-0.25, -0.2) is 14.5 Å². The molecule has 2 heterocycles. The maximum absolute atomic E-state index is 12.9. The van der Waals surface area contributed by atoms with E-state index in [1.54, 1.807) is 21.7 Å². The Hall–Kier alpha value is -2.78. The van der Waals surface area contributed by atoms with Crippen molar-refractivity contribution in [3.63, 3.8) is 0 Å². The molecule has 0 unspecified atom stereocenters. The molecule has 11 heteroatoms. The third-order valence-corrected chi connectivity index (χ3v) is 5.81. The number of rotatable bonds is 4. The van der Waals surface area contributed by atoms with Crippen molar-refractivity contribution >= 4 is 34.9 Å². The average molecular weight is 484 g/mol. The Morgan fingerprint density at radius 3 is 2.59 bits per heavy atom. The van der Waals surface area contributed by atoms with Crippen LogP contribution >= 0.6 is 23.2 Å². The van der Waals surface area contributed by atoms with Crippen molar-refractivity contribution in [2.24, 2.45) is 0 Å². The molecule has 1 saturated heterocycles. The van der Waals surface area contributed by atoms with Gasteiger partial charge in [-0.2, -0.15) is 18.3 Å². The van der Waals surface area contributed by atoms with Crippen LogP contribution < -0.4 is 5.32 Å². The molecule has 0 aliphatic carbocycles. The first-order valence-corrected chi connectivity index (χ1v) is 10.5. The van der Waals surface area contributed by atoms with Crippen LogP contribution in [0.5, 0.6) is 0 Å². The van der Waals surface area contributed by atoms with Crippen molar-refractivity contribution in [1.82, 2.24) is 19.7 Å². The monoisotopic (exact) mass is 483 g/mol. The van der Waals surface area contributed by atoms with Crippen LogP contribution in [0.4, 0.5) is 23.7 Å². The lowest BCUT2D eigenvalue weighted by atomic mass is 10.2. The molecule has 0 radical (unpaired) electrons. The molecular formula is C21H18Cl2F3N5O. The van der Waals surface area contributed by atoms with E-state index in [-0.39, 0.29) is 16.8 Å². The molecule has 2 aromatic carbocycles. The lowest BCUT2D eigenvalue weighted by Gasteiger charge is -2.25. The number of carbonyl (C=O) groups excluding carboxylic acids is 1. The maximum atomic E-state index is 12.9. The second-order valence-corrected chi connectivity index (χ2v) is 8.22. The van der Waals surface area contributed by atoms with E-state index in [2.05, 4.69) is 15.4 Å². The van der Waals surface area contributed by atoms with E-state index >= 15 is 0 Å². The van der Waals surface area contributed by atoms with Gasteiger partial charge in [-0.05, 0) is 48.7 Å². The van der Waals surface area contributed by atoms with Crippen molar-refractivity contribution in [2.45, 2.75) is 31.6 Å². The summed E-state index contributed by atoms with van der Waals surface area (Å²) in [7, 11) is 0. The molecule has 3 aromatic rings. The van der Waals surface area contributed by atoms with Gasteiger partial charge in [-0.1, -0.05) is 35.3 Å². The molecule has 1 atom stereocenters. The van der Waals surface area contributed by atoms with Crippen LogP contribution in [-0.4, -0.2) is 32.2 Å². The van der Waals surface area contributed by atoms with Crippen LogP contribution in [0.25, 0.3) is 0 Å². The first-order valence-electron chi connectivity index (χ1n) is 9.79. The number of likely N-dealkylation sites (tertiary alicyclic amines) is 1. The lowest BCUT2D eigenvalue weighted by Crippen LogP contribution is -2.35. The van der Waals surface area contributed by atoms with Crippen LogP contribution in [0.1, 0.15) is 35.8 Å². The van der Waals surface area contributed by atoms with E-state index < -0.39 is 17.8 Å². The van der Waals surface area contributed by atoms with Crippen molar-refractivity contribution < 1.29 is 18.0 Å². The number of aromatic nitrogens is 3. The van der Waals surface area contributed by atoms with Crippen molar-refractivity contribution in [1.29, 1.82) is 0 Å². The fraction of sp³-hybridized carbons (Fsp3) is 0.286. The normalized spacial score (nSPS) is 16.4. The van der Waals surface area contributed by atoms with Crippen molar-refractivity contribution in [3.05, 3.63) is 75.8 Å². The summed E-state index contributed by atoms with van der Waals surface area (Å²) < 4.78 is 40.3. The topological polar surface area (TPSA) is 63.1 Å². The van der Waals surface area contributed by atoms with Gasteiger partial charge in [0, 0.05) is 11.6 Å². The molecule has 6 nitrogen and oxygen atoms in total. The molecule has 0 spiro atoms. The molecule has 1 fully saturated rings. The summed E-state index contributed by atoms with van der Waals surface area (Å²) >= 11 is 11.9. The predicted octanol–water partition coefficient (Wildman–Crippen LogP) is 6.02. The van der Waals surface area contributed by atoms with Gasteiger partial charge in [0.25, 0.3) is 0 Å². The number of alkyl halides is 3. The number of halogens is 5. The highest BCUT2D eigenvalue weighted by molar-refractivity contribution is 6.33. The third-order valence-electron chi connectivity index (χ3n) is 5.24. The van der Waals surface area contributed by atoms with Gasteiger partial charge in [-0.15, -0.1) is 0 Å². The van der Waals surface area contributed by atoms with Gasteiger partial charge < -0.3 is 10.2 Å². The smallest absolute Gasteiger partial charge is 0.314 e. The van der Waals surface area contributed by atoms with Crippen LogP contribution in [0, 0.1) is 0 Å². The summed E-state index contributed by atoms with van der Waals surface area (Å²) in [4.78, 5) is 18.9. The van der Waals surface area contributed by atoms with Crippen LogP contribution in [0.15, 0.2) is 48.8 Å². The average Bonchev–Trinajstić information content (AvgIpc) is 3.39. The van der Waals surface area contributed by atoms with Gasteiger partial charge >= 0.3 is 12.2 Å². The second-order valence-electron chi connectivity index (χ2n) is 7.38. The fourth-order valence-electron chi connectivity index (χ4n) is 3.67. The highest BCUT2D eigenvalue weighted by Crippen LogP contribution is 2.35. The quantitative estimate of drug-likeness (QED) is 0.493. The summed E-state index contributed by atoms with van der Waals surface area (Å²) in [5.41, 5.74) is 0.208. The number of amides is 2. The van der Waals surface area contributed by atoms with Gasteiger partial charge in [0.1, 0.15) is 12.2 Å². The lowest BCUT2D eigenvalue weighted by molar-refractivity contribution is -0.137. The first-order chi connectivity index (χ1) is 15.2. The van der Waals surface area contributed by atoms with Crippen LogP contribution in [-0.2, 0) is 12.7 Å². The van der Waals surface area contributed by atoms with E-state index in [1.165, 1.54) is 6.33 Å². The number of anilines is 1. The molecule has 0 saturated carbocycles. The fourth-order valence-corrected chi connectivity index (χ4v) is 4.03. The van der Waals surface area contributed by atoms with Gasteiger partial charge in [0.2, 0.25) is 0 Å². The number of hydrogen-bond acceptors (Lipinski definition) is 3. The Kier molecular flexibility index (Phi) is 6.30. The number of hydrogen-bond donors (Lipinski definition) is 1. The van der Waals surface area contributed by atoms with Crippen LogP contribution in [0.2, 0.25) is 10.0 Å². The van der Waals surface area contributed by atoms with E-state index in [0.29, 0.717) is 30.4 Å². The Morgan fingerprint density at radius 2 is 1.91 bits per heavy atom. The Labute approximate surface area is 191 Å². The highest BCUT2D eigenvalue weighted by atomic mass is 35.5. The molecule has 1 N–H and O–H groups in total. The zero-order valence-electron chi connectivity index (χ0n) is 16.6. The molecule has 2 amide bonds. The van der Waals surface area contributed by atoms with E-state index in [1.807, 2.05) is 12.1 Å². The number of carbonyl (C=O) groups is 1. The third kappa shape index (κ3) is 4.83. The van der Waals surface area contributed by atoms with Gasteiger partial charge in [0.05, 0.1) is 28.9 Å². The minimum absolute atomic E-state index is 0.109. The Bertz CT molecular complexity index is 1120. The summed E-state index contributed by atoms with van der Waals surface area (Å²) in [6, 6.07) is 9.39. The summed E-state index contributed by atoms with van der Waals surface area (Å²) in [6.45, 7) is 0.936. The van der Waals surface area contributed by atoms with E-state index in [4.69, 9.17) is 23.2 Å².